The van der Waals surface area contributed by atoms with Gasteiger partial charge >= 0.3 is 6.18 Å². The Morgan fingerprint density at radius 3 is 2.36 bits per heavy atom. The zero-order valence-corrected chi connectivity index (χ0v) is 22.8. The molecule has 39 heavy (non-hydrogen) atoms. The Hall–Kier alpha value is -3.87. The van der Waals surface area contributed by atoms with Gasteiger partial charge < -0.3 is 9.88 Å². The number of hydrogen-bond donors (Lipinski definition) is 1. The molecule has 0 saturated carbocycles. The average Bonchev–Trinajstić information content (AvgIpc) is 3.44. The number of halogens is 3. The molecule has 2 aromatic heterocycles. The van der Waals surface area contributed by atoms with Gasteiger partial charge in [0.15, 0.2) is 0 Å². The lowest BCUT2D eigenvalue weighted by atomic mass is 9.86. The Bertz CT molecular complexity index is 1540. The van der Waals surface area contributed by atoms with Crippen molar-refractivity contribution in [1.82, 2.24) is 15.0 Å². The van der Waals surface area contributed by atoms with Crippen LogP contribution in [-0.2, 0) is 19.0 Å². The Balaban J connectivity index is 1.64. The van der Waals surface area contributed by atoms with Gasteiger partial charge in [-0.1, -0.05) is 50.3 Å². The van der Waals surface area contributed by atoms with Gasteiger partial charge in [-0.2, -0.15) is 13.2 Å². The summed E-state index contributed by atoms with van der Waals surface area (Å²) in [5, 5.41) is 1.16. The van der Waals surface area contributed by atoms with Crippen LogP contribution < -0.4 is 4.90 Å². The largest absolute Gasteiger partial charge is 0.419 e. The summed E-state index contributed by atoms with van der Waals surface area (Å²) in [6.07, 6.45) is 4.21. The maximum atomic E-state index is 13.1. The molecule has 0 atom stereocenters. The standard InChI is InChI=1S/C32H33F3N4/c1-5-22-8-7-9-23(6-2)28(22)16-24-13-15-39(31-37-17-25(18-38-31)32(33,34)35)19-29(24)21(4)26-11-10-20(3)30-27(26)12-14-36-30/h7-12,14,16-18,36H,5-6,13,15,19H2,1-4H3/b24-16-,29-21+. The number of alkyl halides is 3. The second-order valence-electron chi connectivity index (χ2n) is 10.1. The molecule has 0 bridgehead atoms. The molecular weight excluding hydrogens is 497 g/mol. The van der Waals surface area contributed by atoms with Crippen LogP contribution in [0, 0.1) is 6.92 Å². The first-order valence-electron chi connectivity index (χ1n) is 13.4. The molecule has 0 unspecified atom stereocenters. The molecule has 4 nitrogen and oxygen atoms in total. The number of nitrogens with one attached hydrogen (secondary N) is 1. The molecule has 1 N–H and O–H groups in total. The molecular formula is C32H33F3N4. The van der Waals surface area contributed by atoms with Crippen LogP contribution in [0.25, 0.3) is 22.6 Å². The van der Waals surface area contributed by atoms with E-state index in [0.717, 1.165) is 59.3 Å². The number of benzene rings is 2. The summed E-state index contributed by atoms with van der Waals surface area (Å²) in [5.74, 6) is 0.311. The van der Waals surface area contributed by atoms with E-state index >= 15 is 0 Å². The third-order valence-corrected chi connectivity index (χ3v) is 7.79. The van der Waals surface area contributed by atoms with Crippen LogP contribution in [0.15, 0.2) is 66.1 Å². The molecule has 3 heterocycles. The normalized spacial score (nSPS) is 16.8. The summed E-state index contributed by atoms with van der Waals surface area (Å²) in [4.78, 5) is 13.5. The first-order valence-corrected chi connectivity index (χ1v) is 13.4. The van der Waals surface area contributed by atoms with Crippen LogP contribution in [0.5, 0.6) is 0 Å². The van der Waals surface area contributed by atoms with Gasteiger partial charge in [0.2, 0.25) is 5.95 Å². The Kier molecular flexibility index (Phi) is 7.34. The van der Waals surface area contributed by atoms with Crippen LogP contribution in [0.3, 0.4) is 0 Å². The number of rotatable bonds is 5. The molecule has 1 fully saturated rings. The molecule has 1 aliphatic rings. The van der Waals surface area contributed by atoms with Crippen molar-refractivity contribution < 1.29 is 13.2 Å². The Labute approximate surface area is 227 Å². The second kappa shape index (κ2) is 10.7. The quantitative estimate of drug-likeness (QED) is 0.283. The van der Waals surface area contributed by atoms with Gasteiger partial charge in [0.25, 0.3) is 0 Å². The summed E-state index contributed by atoms with van der Waals surface area (Å²) in [6, 6.07) is 12.9. The van der Waals surface area contributed by atoms with Gasteiger partial charge in [-0.05, 0) is 83.7 Å². The highest BCUT2D eigenvalue weighted by molar-refractivity contribution is 5.95. The maximum Gasteiger partial charge on any atom is 0.419 e. The third kappa shape index (κ3) is 5.22. The minimum absolute atomic E-state index is 0.311. The topological polar surface area (TPSA) is 44.8 Å². The van der Waals surface area contributed by atoms with E-state index in [4.69, 9.17) is 0 Å². The van der Waals surface area contributed by atoms with Crippen molar-refractivity contribution in [2.75, 3.05) is 18.0 Å². The van der Waals surface area contributed by atoms with E-state index in [0.29, 0.717) is 19.0 Å². The summed E-state index contributed by atoms with van der Waals surface area (Å²) >= 11 is 0. The summed E-state index contributed by atoms with van der Waals surface area (Å²) < 4.78 is 39.4. The van der Waals surface area contributed by atoms with Crippen molar-refractivity contribution in [3.8, 4) is 0 Å². The summed E-state index contributed by atoms with van der Waals surface area (Å²) in [7, 11) is 0. The molecule has 1 saturated heterocycles. The van der Waals surface area contributed by atoms with E-state index in [-0.39, 0.29) is 0 Å². The fraction of sp³-hybridized carbons (Fsp3) is 0.312. The number of allylic oxidation sites excluding steroid dienone is 1. The highest BCUT2D eigenvalue weighted by Gasteiger charge is 2.32. The highest BCUT2D eigenvalue weighted by Crippen LogP contribution is 2.37. The van der Waals surface area contributed by atoms with E-state index in [1.807, 2.05) is 11.1 Å². The molecule has 5 rings (SSSR count). The molecule has 4 aromatic rings. The van der Waals surface area contributed by atoms with Crippen LogP contribution >= 0.6 is 0 Å². The predicted molar refractivity (Wildman–Crippen MR) is 153 cm³/mol. The monoisotopic (exact) mass is 530 g/mol. The average molecular weight is 531 g/mol. The van der Waals surface area contributed by atoms with E-state index in [9.17, 15) is 13.2 Å². The number of H-pyrrole nitrogens is 1. The lowest BCUT2D eigenvalue weighted by Crippen LogP contribution is -2.34. The van der Waals surface area contributed by atoms with Gasteiger partial charge in [0, 0.05) is 42.6 Å². The van der Waals surface area contributed by atoms with Gasteiger partial charge in [-0.15, -0.1) is 0 Å². The number of fused-ring (bicyclic) bond motifs is 1. The lowest BCUT2D eigenvalue weighted by Gasteiger charge is -2.32. The zero-order chi connectivity index (χ0) is 27.7. The summed E-state index contributed by atoms with van der Waals surface area (Å²) in [5.41, 5.74) is 10.1. The van der Waals surface area contributed by atoms with E-state index < -0.39 is 11.7 Å². The minimum atomic E-state index is -4.46. The number of hydrogen-bond acceptors (Lipinski definition) is 3. The van der Waals surface area contributed by atoms with Crippen molar-refractivity contribution in [1.29, 1.82) is 0 Å². The number of aromatic amines is 1. The first kappa shape index (κ1) is 26.7. The number of aryl methyl sites for hydroxylation is 3. The van der Waals surface area contributed by atoms with Crippen LogP contribution in [0.4, 0.5) is 19.1 Å². The van der Waals surface area contributed by atoms with Crippen molar-refractivity contribution in [3.63, 3.8) is 0 Å². The summed E-state index contributed by atoms with van der Waals surface area (Å²) in [6.45, 7) is 9.73. The van der Waals surface area contributed by atoms with E-state index in [2.05, 4.69) is 85.1 Å². The van der Waals surface area contributed by atoms with Gasteiger partial charge in [0.1, 0.15) is 0 Å². The molecule has 202 valence electrons. The Morgan fingerprint density at radius 1 is 1.03 bits per heavy atom. The smallest absolute Gasteiger partial charge is 0.361 e. The van der Waals surface area contributed by atoms with Gasteiger partial charge in [-0.3, -0.25) is 0 Å². The molecule has 0 amide bonds. The fourth-order valence-electron chi connectivity index (χ4n) is 5.53. The molecule has 0 aliphatic carbocycles. The number of anilines is 1. The van der Waals surface area contributed by atoms with E-state index in [1.54, 1.807) is 0 Å². The highest BCUT2D eigenvalue weighted by atomic mass is 19.4. The van der Waals surface area contributed by atoms with Crippen molar-refractivity contribution >= 4 is 28.5 Å². The van der Waals surface area contributed by atoms with Gasteiger partial charge in [0.05, 0.1) is 5.56 Å². The molecule has 1 aliphatic heterocycles. The van der Waals surface area contributed by atoms with Crippen LogP contribution in [0.1, 0.15) is 60.6 Å². The van der Waals surface area contributed by atoms with E-state index in [1.165, 1.54) is 27.8 Å². The van der Waals surface area contributed by atoms with Crippen molar-refractivity contribution in [2.24, 2.45) is 0 Å². The molecule has 2 aromatic carbocycles. The SMILES string of the molecule is CCc1cccc(CC)c1/C=C1/CCN(c2ncc(C(F)(F)F)cn2)C/C1=C(/C)c1ccc(C)c2[nH]ccc12. The second-order valence-corrected chi connectivity index (χ2v) is 10.1. The Morgan fingerprint density at radius 2 is 1.72 bits per heavy atom. The third-order valence-electron chi connectivity index (χ3n) is 7.79. The number of piperidine rings is 1. The number of nitrogens with zero attached hydrogens (tertiary/aromatic N) is 3. The van der Waals surface area contributed by atoms with Gasteiger partial charge in [-0.25, -0.2) is 9.97 Å². The molecule has 7 heteroatoms. The fourth-order valence-corrected chi connectivity index (χ4v) is 5.53. The van der Waals surface area contributed by atoms with Crippen LogP contribution in [0.2, 0.25) is 0 Å². The predicted octanol–water partition coefficient (Wildman–Crippen LogP) is 8.18. The van der Waals surface area contributed by atoms with Crippen molar-refractivity contribution in [3.05, 3.63) is 99.5 Å². The van der Waals surface area contributed by atoms with Crippen molar-refractivity contribution in [2.45, 2.75) is 53.1 Å². The minimum Gasteiger partial charge on any atom is -0.361 e. The number of aromatic nitrogens is 3. The van der Waals surface area contributed by atoms with Crippen LogP contribution in [-0.4, -0.2) is 28.0 Å². The lowest BCUT2D eigenvalue weighted by molar-refractivity contribution is -0.138. The molecule has 0 radical (unpaired) electrons. The zero-order valence-electron chi connectivity index (χ0n) is 22.8. The maximum absolute atomic E-state index is 13.1. The molecule has 0 spiro atoms. The first-order chi connectivity index (χ1) is 18.7.